The third kappa shape index (κ3) is 5.19. The van der Waals surface area contributed by atoms with Crippen molar-refractivity contribution in [3.63, 3.8) is 0 Å². The molecular formula is C14H25NO4. The summed E-state index contributed by atoms with van der Waals surface area (Å²) in [5.41, 5.74) is 0. The number of methoxy groups -OCH3 is 1. The van der Waals surface area contributed by atoms with Gasteiger partial charge in [-0.3, -0.25) is 9.59 Å². The molecule has 1 aliphatic carbocycles. The zero-order valence-corrected chi connectivity index (χ0v) is 11.9. The minimum absolute atomic E-state index is 0.0756. The van der Waals surface area contributed by atoms with Gasteiger partial charge < -0.3 is 14.7 Å². The predicted octanol–water partition coefficient (Wildman–Crippen LogP) is 1.76. The smallest absolute Gasteiger partial charge is 0.308 e. The van der Waals surface area contributed by atoms with Gasteiger partial charge in [-0.1, -0.05) is 26.2 Å². The molecule has 5 nitrogen and oxygen atoms in total. The maximum Gasteiger partial charge on any atom is 0.308 e. The number of rotatable bonds is 7. The van der Waals surface area contributed by atoms with Crippen LogP contribution >= 0.6 is 0 Å². The lowest BCUT2D eigenvalue weighted by molar-refractivity contribution is -0.144. The summed E-state index contributed by atoms with van der Waals surface area (Å²) in [4.78, 5) is 25.0. The van der Waals surface area contributed by atoms with Crippen LogP contribution in [-0.2, 0) is 14.3 Å². The average molecular weight is 271 g/mol. The first-order valence-electron chi connectivity index (χ1n) is 7.06. The first kappa shape index (κ1) is 16.0. The highest BCUT2D eigenvalue weighted by atomic mass is 16.5. The van der Waals surface area contributed by atoms with Gasteiger partial charge in [0.15, 0.2) is 0 Å². The van der Waals surface area contributed by atoms with E-state index in [1.807, 2.05) is 0 Å². The lowest BCUT2D eigenvalue weighted by atomic mass is 9.88. The Bertz CT molecular complexity index is 300. The number of nitrogens with zero attached hydrogens (tertiary/aromatic N) is 1. The molecule has 0 aromatic rings. The van der Waals surface area contributed by atoms with Crippen molar-refractivity contribution in [2.45, 2.75) is 39.0 Å². The quantitative estimate of drug-likeness (QED) is 0.766. The van der Waals surface area contributed by atoms with E-state index in [-0.39, 0.29) is 18.4 Å². The molecule has 19 heavy (non-hydrogen) atoms. The first-order chi connectivity index (χ1) is 9.06. The zero-order valence-electron chi connectivity index (χ0n) is 11.9. The second kappa shape index (κ2) is 8.15. The number of carboxylic acids is 1. The minimum Gasteiger partial charge on any atom is -0.481 e. The minimum atomic E-state index is -0.862. The van der Waals surface area contributed by atoms with Crippen LogP contribution in [0.4, 0.5) is 0 Å². The molecule has 1 unspecified atom stereocenters. The standard InChI is InChI=1S/C14H25NO4/c1-11(14(17)18)10-15(8-9-19-2)13(16)12-6-4-3-5-7-12/h11-12H,3-10H2,1-2H3,(H,17,18). The van der Waals surface area contributed by atoms with Crippen molar-refractivity contribution < 1.29 is 19.4 Å². The van der Waals surface area contributed by atoms with Crippen LogP contribution in [0.2, 0.25) is 0 Å². The van der Waals surface area contributed by atoms with Crippen LogP contribution in [0.15, 0.2) is 0 Å². The number of carbonyl (C=O) groups excluding carboxylic acids is 1. The van der Waals surface area contributed by atoms with Crippen molar-refractivity contribution in [2.24, 2.45) is 11.8 Å². The molecule has 0 bridgehead atoms. The summed E-state index contributed by atoms with van der Waals surface area (Å²) >= 11 is 0. The van der Waals surface area contributed by atoms with Crippen LogP contribution in [0, 0.1) is 11.8 Å². The Balaban J connectivity index is 2.60. The fraction of sp³-hybridized carbons (Fsp3) is 0.857. The fourth-order valence-corrected chi connectivity index (χ4v) is 2.51. The molecule has 1 atom stereocenters. The number of hydrogen-bond donors (Lipinski definition) is 1. The molecular weight excluding hydrogens is 246 g/mol. The van der Waals surface area contributed by atoms with E-state index < -0.39 is 11.9 Å². The van der Waals surface area contributed by atoms with Gasteiger partial charge in [0.25, 0.3) is 0 Å². The maximum absolute atomic E-state index is 12.4. The molecule has 1 fully saturated rings. The first-order valence-corrected chi connectivity index (χ1v) is 7.06. The highest BCUT2D eigenvalue weighted by Gasteiger charge is 2.27. The Morgan fingerprint density at radius 3 is 2.47 bits per heavy atom. The molecule has 0 aromatic heterocycles. The number of amides is 1. The monoisotopic (exact) mass is 271 g/mol. The van der Waals surface area contributed by atoms with Crippen molar-refractivity contribution in [3.05, 3.63) is 0 Å². The predicted molar refractivity (Wildman–Crippen MR) is 71.8 cm³/mol. The third-order valence-corrected chi connectivity index (χ3v) is 3.75. The van der Waals surface area contributed by atoms with E-state index in [0.717, 1.165) is 25.7 Å². The summed E-state index contributed by atoms with van der Waals surface area (Å²) in [6.45, 7) is 2.83. The Morgan fingerprint density at radius 1 is 1.32 bits per heavy atom. The molecule has 0 spiro atoms. The van der Waals surface area contributed by atoms with Crippen LogP contribution in [0.5, 0.6) is 0 Å². The fourth-order valence-electron chi connectivity index (χ4n) is 2.51. The molecule has 0 aromatic carbocycles. The number of carboxylic acid groups (broad SMARTS) is 1. The second-order valence-electron chi connectivity index (χ2n) is 5.35. The summed E-state index contributed by atoms with van der Waals surface area (Å²) in [5, 5.41) is 8.98. The van der Waals surface area contributed by atoms with Crippen LogP contribution in [-0.4, -0.2) is 48.7 Å². The lowest BCUT2D eigenvalue weighted by Crippen LogP contribution is -2.42. The van der Waals surface area contributed by atoms with E-state index in [1.54, 1.807) is 18.9 Å². The van der Waals surface area contributed by atoms with E-state index in [9.17, 15) is 9.59 Å². The number of carbonyl (C=O) groups is 2. The molecule has 1 amide bonds. The van der Waals surface area contributed by atoms with Crippen molar-refractivity contribution in [1.82, 2.24) is 4.90 Å². The largest absolute Gasteiger partial charge is 0.481 e. The molecule has 1 aliphatic rings. The van der Waals surface area contributed by atoms with Gasteiger partial charge in [-0.2, -0.15) is 0 Å². The van der Waals surface area contributed by atoms with Crippen molar-refractivity contribution >= 4 is 11.9 Å². The van der Waals surface area contributed by atoms with Crippen molar-refractivity contribution in [2.75, 3.05) is 26.8 Å². The molecule has 5 heteroatoms. The second-order valence-corrected chi connectivity index (χ2v) is 5.35. The van der Waals surface area contributed by atoms with E-state index in [2.05, 4.69) is 0 Å². The van der Waals surface area contributed by atoms with Gasteiger partial charge >= 0.3 is 5.97 Å². The Labute approximate surface area is 114 Å². The molecule has 1 N–H and O–H groups in total. The van der Waals surface area contributed by atoms with Crippen molar-refractivity contribution in [3.8, 4) is 0 Å². The Hall–Kier alpha value is -1.10. The van der Waals surface area contributed by atoms with Crippen LogP contribution in [0.3, 0.4) is 0 Å². The molecule has 1 rings (SSSR count). The zero-order chi connectivity index (χ0) is 14.3. The Morgan fingerprint density at radius 2 is 1.95 bits per heavy atom. The molecule has 110 valence electrons. The van der Waals surface area contributed by atoms with Gasteiger partial charge in [-0.15, -0.1) is 0 Å². The van der Waals surface area contributed by atoms with Gasteiger partial charge in [0.05, 0.1) is 12.5 Å². The van der Waals surface area contributed by atoms with Gasteiger partial charge in [0, 0.05) is 26.1 Å². The highest BCUT2D eigenvalue weighted by molar-refractivity contribution is 5.79. The van der Waals surface area contributed by atoms with Gasteiger partial charge in [0.2, 0.25) is 5.91 Å². The third-order valence-electron chi connectivity index (χ3n) is 3.75. The maximum atomic E-state index is 12.4. The summed E-state index contributed by atoms with van der Waals surface area (Å²) in [7, 11) is 1.59. The molecule has 1 saturated carbocycles. The van der Waals surface area contributed by atoms with Crippen LogP contribution in [0.25, 0.3) is 0 Å². The van der Waals surface area contributed by atoms with Gasteiger partial charge in [0.1, 0.15) is 0 Å². The SMILES string of the molecule is COCCN(CC(C)C(=O)O)C(=O)C1CCCCC1. The number of aliphatic carboxylic acids is 1. The average Bonchev–Trinajstić information content (AvgIpc) is 2.43. The van der Waals surface area contributed by atoms with E-state index >= 15 is 0 Å². The summed E-state index contributed by atoms with van der Waals surface area (Å²) in [6, 6.07) is 0. The van der Waals surface area contributed by atoms with Crippen LogP contribution in [0.1, 0.15) is 39.0 Å². The summed E-state index contributed by atoms with van der Waals surface area (Å²) in [5.74, 6) is -1.22. The lowest BCUT2D eigenvalue weighted by Gasteiger charge is -2.30. The normalized spacial score (nSPS) is 18.0. The molecule has 0 aliphatic heterocycles. The van der Waals surface area contributed by atoms with Crippen LogP contribution < -0.4 is 0 Å². The van der Waals surface area contributed by atoms with E-state index in [1.165, 1.54) is 6.42 Å². The molecule has 0 radical (unpaired) electrons. The van der Waals surface area contributed by atoms with Gasteiger partial charge in [-0.05, 0) is 12.8 Å². The van der Waals surface area contributed by atoms with Gasteiger partial charge in [-0.25, -0.2) is 0 Å². The molecule has 0 heterocycles. The number of ether oxygens (including phenoxy) is 1. The summed E-state index contributed by atoms with van der Waals surface area (Å²) < 4.78 is 5.01. The van der Waals surface area contributed by atoms with E-state index in [4.69, 9.17) is 9.84 Å². The van der Waals surface area contributed by atoms with Crippen molar-refractivity contribution in [1.29, 1.82) is 0 Å². The molecule has 0 saturated heterocycles. The van der Waals surface area contributed by atoms with E-state index in [0.29, 0.717) is 13.2 Å². The number of hydrogen-bond acceptors (Lipinski definition) is 3. The topological polar surface area (TPSA) is 66.8 Å². The Kier molecular flexibility index (Phi) is 6.84. The highest BCUT2D eigenvalue weighted by Crippen LogP contribution is 2.25. The summed E-state index contributed by atoms with van der Waals surface area (Å²) in [6.07, 6.45) is 5.27.